The van der Waals surface area contributed by atoms with Crippen LogP contribution in [-0.4, -0.2) is 62.1 Å². The van der Waals surface area contributed by atoms with Gasteiger partial charge in [0.1, 0.15) is 24.4 Å². The minimum Gasteiger partial charge on any atom is -1.00 e. The predicted octanol–water partition coefficient (Wildman–Crippen LogP) is 1.92. The van der Waals surface area contributed by atoms with Crippen molar-refractivity contribution in [3.8, 4) is 23.0 Å². The van der Waals surface area contributed by atoms with Crippen molar-refractivity contribution >= 4 is 10.9 Å². The van der Waals surface area contributed by atoms with Crippen LogP contribution in [0, 0.1) is 11.8 Å². The highest BCUT2D eigenvalue weighted by atomic mass is 35.5. The minimum absolute atomic E-state index is 0. The van der Waals surface area contributed by atoms with Crippen molar-refractivity contribution in [2.75, 3.05) is 41.5 Å². The Hall–Kier alpha value is -3.00. The largest absolute Gasteiger partial charge is 1.00 e. The third-order valence-corrected chi connectivity index (χ3v) is 8.56. The van der Waals surface area contributed by atoms with Gasteiger partial charge in [0.2, 0.25) is 5.75 Å². The van der Waals surface area contributed by atoms with Crippen molar-refractivity contribution in [3.05, 3.63) is 66.4 Å². The maximum Gasteiger partial charge on any atom is 0.203 e. The normalized spacial score (nSPS) is 24.8. The van der Waals surface area contributed by atoms with Crippen LogP contribution in [-0.2, 0) is 6.54 Å². The number of rotatable bonds is 9. The molecule has 1 aromatic heterocycles. The number of aliphatic hydroxyl groups excluding tert-OH is 1. The SMILES string of the molecule is C=C[C@H]1C[N+]2(Cc3cc(OC)c(OC)c(OC)c3)CC[C@H]1C[C@H]2[C@H](O)c1ccnc2ccc(OC)cc12.[Cl-]. The standard InChI is InChI=1S/C30H37N2O5.ClH/c1-6-20-18-32(17-19-13-27(35-3)30(37-5)28(14-19)36-4)12-10-21(20)15-26(32)29(33)23-9-11-31-25-8-7-22(34-2)16-24(23)25;/h6-9,11,13-14,16,20-21,26,29,33H,1,10,12,15,17-18H2,2-5H3;1H/q+1;/p-1/t20-,21-,26-,29+,32?;/m0./s1. The second-order valence-electron chi connectivity index (χ2n) is 10.3. The van der Waals surface area contributed by atoms with Crippen LogP contribution in [0.4, 0.5) is 0 Å². The van der Waals surface area contributed by atoms with Crippen molar-refractivity contribution in [3.63, 3.8) is 0 Å². The number of quaternary nitrogens is 1. The van der Waals surface area contributed by atoms with E-state index in [1.165, 1.54) is 0 Å². The molecule has 4 heterocycles. The number of aromatic nitrogens is 1. The summed E-state index contributed by atoms with van der Waals surface area (Å²) in [5.74, 6) is 3.59. The monoisotopic (exact) mass is 540 g/mol. The molecule has 3 fully saturated rings. The molecule has 6 rings (SSSR count). The van der Waals surface area contributed by atoms with Crippen molar-refractivity contribution in [1.82, 2.24) is 4.98 Å². The van der Waals surface area contributed by atoms with Gasteiger partial charge < -0.3 is 40.9 Å². The molecule has 5 atom stereocenters. The number of aliphatic hydroxyl groups is 1. The van der Waals surface area contributed by atoms with Crippen LogP contribution in [0.3, 0.4) is 0 Å². The molecule has 3 aliphatic heterocycles. The molecule has 3 aromatic rings. The Balaban J connectivity index is 0.00000336. The average molecular weight is 541 g/mol. The lowest BCUT2D eigenvalue weighted by atomic mass is 9.71. The Bertz CT molecular complexity index is 1280. The Morgan fingerprint density at radius 2 is 1.79 bits per heavy atom. The van der Waals surface area contributed by atoms with Gasteiger partial charge in [-0.15, -0.1) is 6.58 Å². The lowest BCUT2D eigenvalue weighted by molar-refractivity contribution is -0.984. The average Bonchev–Trinajstić information content (AvgIpc) is 2.95. The topological polar surface area (TPSA) is 70.0 Å². The van der Waals surface area contributed by atoms with Crippen LogP contribution in [0.25, 0.3) is 10.9 Å². The number of pyridine rings is 1. The Labute approximate surface area is 231 Å². The lowest BCUT2D eigenvalue weighted by Crippen LogP contribution is -3.00. The molecule has 0 saturated carbocycles. The molecule has 0 amide bonds. The fourth-order valence-electron chi connectivity index (χ4n) is 6.71. The molecule has 3 aliphatic rings. The predicted molar refractivity (Wildman–Crippen MR) is 143 cm³/mol. The Morgan fingerprint density at radius 3 is 2.42 bits per heavy atom. The van der Waals surface area contributed by atoms with Gasteiger partial charge in [-0.2, -0.15) is 0 Å². The highest BCUT2D eigenvalue weighted by molar-refractivity contribution is 5.83. The van der Waals surface area contributed by atoms with Gasteiger partial charge in [-0.25, -0.2) is 0 Å². The van der Waals surface area contributed by atoms with E-state index in [1.807, 2.05) is 36.4 Å². The number of hydrogen-bond donors (Lipinski definition) is 1. The number of nitrogens with zero attached hydrogens (tertiary/aromatic N) is 2. The van der Waals surface area contributed by atoms with Crippen LogP contribution >= 0.6 is 0 Å². The molecule has 3 saturated heterocycles. The van der Waals surface area contributed by atoms with Gasteiger partial charge in [0.05, 0.1) is 47.0 Å². The molecule has 38 heavy (non-hydrogen) atoms. The van der Waals surface area contributed by atoms with E-state index in [-0.39, 0.29) is 18.4 Å². The zero-order chi connectivity index (χ0) is 26.2. The number of piperidine rings is 3. The van der Waals surface area contributed by atoms with Gasteiger partial charge in [-0.05, 0) is 47.9 Å². The third-order valence-electron chi connectivity index (χ3n) is 8.56. The van der Waals surface area contributed by atoms with Gasteiger partial charge in [0.15, 0.2) is 11.5 Å². The summed E-state index contributed by atoms with van der Waals surface area (Å²) < 4.78 is 23.1. The first-order chi connectivity index (χ1) is 18.0. The highest BCUT2D eigenvalue weighted by Crippen LogP contribution is 2.49. The summed E-state index contributed by atoms with van der Waals surface area (Å²) >= 11 is 0. The number of methoxy groups -OCH3 is 4. The summed E-state index contributed by atoms with van der Waals surface area (Å²) in [4.78, 5) is 4.53. The van der Waals surface area contributed by atoms with E-state index in [0.29, 0.717) is 29.1 Å². The third kappa shape index (κ3) is 4.79. The summed E-state index contributed by atoms with van der Waals surface area (Å²) in [6.45, 7) is 6.85. The van der Waals surface area contributed by atoms with E-state index in [2.05, 4.69) is 17.6 Å². The van der Waals surface area contributed by atoms with Crippen molar-refractivity contribution < 1.29 is 40.9 Å². The number of hydrogen-bond acceptors (Lipinski definition) is 6. The molecule has 0 radical (unpaired) electrons. The first-order valence-electron chi connectivity index (χ1n) is 12.8. The lowest BCUT2D eigenvalue weighted by Gasteiger charge is -2.58. The first-order valence-corrected chi connectivity index (χ1v) is 12.8. The number of benzene rings is 2. The second kappa shape index (κ2) is 11.4. The van der Waals surface area contributed by atoms with Crippen molar-refractivity contribution in [1.29, 1.82) is 0 Å². The summed E-state index contributed by atoms with van der Waals surface area (Å²) in [5, 5.41) is 13.0. The van der Waals surface area contributed by atoms with E-state index < -0.39 is 6.10 Å². The van der Waals surface area contributed by atoms with E-state index in [1.54, 1.807) is 34.6 Å². The fraction of sp³-hybridized carbons (Fsp3) is 0.433. The maximum absolute atomic E-state index is 12.0. The molecule has 204 valence electrons. The Morgan fingerprint density at radius 1 is 1.05 bits per heavy atom. The van der Waals surface area contributed by atoms with Crippen LogP contribution in [0.15, 0.2) is 55.3 Å². The van der Waals surface area contributed by atoms with E-state index in [9.17, 15) is 5.11 Å². The molecule has 7 nitrogen and oxygen atoms in total. The van der Waals surface area contributed by atoms with Gasteiger partial charge in [0, 0.05) is 35.9 Å². The quantitative estimate of drug-likeness (QED) is 0.330. The molecule has 1 N–H and O–H groups in total. The first kappa shape index (κ1) is 28.0. The van der Waals surface area contributed by atoms with Crippen LogP contribution in [0.1, 0.15) is 30.1 Å². The van der Waals surface area contributed by atoms with E-state index in [0.717, 1.165) is 64.7 Å². The summed E-state index contributed by atoms with van der Waals surface area (Å²) in [6, 6.07) is 11.9. The second-order valence-corrected chi connectivity index (χ2v) is 10.3. The number of halogens is 1. The molecule has 0 aliphatic carbocycles. The Kier molecular flexibility index (Phi) is 8.40. The van der Waals surface area contributed by atoms with Crippen molar-refractivity contribution in [2.45, 2.75) is 31.5 Å². The number of ether oxygens (including phenoxy) is 4. The molecular weight excluding hydrogens is 504 g/mol. The van der Waals surface area contributed by atoms with Crippen molar-refractivity contribution in [2.24, 2.45) is 11.8 Å². The minimum atomic E-state index is -0.645. The van der Waals surface area contributed by atoms with E-state index in [4.69, 9.17) is 18.9 Å². The summed E-state index contributed by atoms with van der Waals surface area (Å²) in [7, 11) is 6.56. The zero-order valence-corrected chi connectivity index (χ0v) is 23.3. The molecular formula is C30H37ClN2O5. The van der Waals surface area contributed by atoms with Crippen LogP contribution < -0.4 is 31.4 Å². The fourth-order valence-corrected chi connectivity index (χ4v) is 6.71. The van der Waals surface area contributed by atoms with Gasteiger partial charge in [-0.3, -0.25) is 4.98 Å². The molecule has 8 heteroatoms. The maximum atomic E-state index is 12.0. The zero-order valence-electron chi connectivity index (χ0n) is 22.5. The van der Waals surface area contributed by atoms with E-state index >= 15 is 0 Å². The van der Waals surface area contributed by atoms with Gasteiger partial charge >= 0.3 is 0 Å². The van der Waals surface area contributed by atoms with Gasteiger partial charge in [0.25, 0.3) is 0 Å². The van der Waals surface area contributed by atoms with Crippen LogP contribution in [0.2, 0.25) is 0 Å². The van der Waals surface area contributed by atoms with Gasteiger partial charge in [-0.1, -0.05) is 6.08 Å². The highest BCUT2D eigenvalue weighted by Gasteiger charge is 2.54. The molecule has 1 unspecified atom stereocenters. The smallest absolute Gasteiger partial charge is 0.203 e. The molecule has 2 aromatic carbocycles. The summed E-state index contributed by atoms with van der Waals surface area (Å²) in [6.07, 6.45) is 5.32. The molecule has 2 bridgehead atoms. The molecule has 0 spiro atoms. The number of fused-ring (bicyclic) bond motifs is 4. The van der Waals surface area contributed by atoms with Crippen LogP contribution in [0.5, 0.6) is 23.0 Å². The summed E-state index contributed by atoms with van der Waals surface area (Å²) in [5.41, 5.74) is 2.85.